The van der Waals surface area contributed by atoms with Crippen LogP contribution in [-0.4, -0.2) is 12.6 Å². The summed E-state index contributed by atoms with van der Waals surface area (Å²) in [6.45, 7) is 1.52. The molecule has 0 radical (unpaired) electrons. The smallest absolute Gasteiger partial charge is 0.305 e. The molecule has 0 N–H and O–H groups in total. The first-order valence-electron chi connectivity index (χ1n) is 3.19. The molecule has 0 rings (SSSR count). The summed E-state index contributed by atoms with van der Waals surface area (Å²) in [5.41, 5.74) is 0. The van der Waals surface area contributed by atoms with Crippen molar-refractivity contribution in [2.45, 2.75) is 13.3 Å². The van der Waals surface area contributed by atoms with Crippen molar-refractivity contribution in [3.63, 3.8) is 0 Å². The highest BCUT2D eigenvalue weighted by Gasteiger charge is 2.07. The largest absolute Gasteiger partial charge is 0.463 e. The fraction of sp³-hybridized carbons (Fsp3) is 0.571. The van der Waals surface area contributed by atoms with Gasteiger partial charge in [0, 0.05) is 6.42 Å². The van der Waals surface area contributed by atoms with Crippen molar-refractivity contribution in [3.8, 4) is 12.1 Å². The van der Waals surface area contributed by atoms with Gasteiger partial charge in [0.1, 0.15) is 6.61 Å². The zero-order valence-corrected chi connectivity index (χ0v) is 6.20. The second-order valence-electron chi connectivity index (χ2n) is 1.85. The molecule has 0 saturated heterocycles. The molecule has 0 heterocycles. The van der Waals surface area contributed by atoms with E-state index in [1.165, 1.54) is 0 Å². The van der Waals surface area contributed by atoms with Crippen LogP contribution < -0.4 is 0 Å². The van der Waals surface area contributed by atoms with Gasteiger partial charge in [-0.1, -0.05) is 6.92 Å². The van der Waals surface area contributed by atoms with Crippen LogP contribution in [0.2, 0.25) is 0 Å². The van der Waals surface area contributed by atoms with Gasteiger partial charge in [-0.05, 0) is 0 Å². The summed E-state index contributed by atoms with van der Waals surface area (Å²) in [5, 5.41) is 16.5. The number of hydrogen-bond donors (Lipinski definition) is 0. The highest BCUT2D eigenvalue weighted by atomic mass is 16.5. The van der Waals surface area contributed by atoms with Crippen LogP contribution in [0.15, 0.2) is 0 Å². The molecule has 0 aliphatic rings. The SMILES string of the molecule is CCC(=O)OCC(C#N)C#N. The minimum atomic E-state index is -0.842. The lowest BCUT2D eigenvalue weighted by atomic mass is 10.2. The van der Waals surface area contributed by atoms with Gasteiger partial charge in [0.15, 0.2) is 5.92 Å². The minimum Gasteiger partial charge on any atom is -0.463 e. The molecule has 0 aliphatic carbocycles. The topological polar surface area (TPSA) is 73.9 Å². The maximum Gasteiger partial charge on any atom is 0.305 e. The van der Waals surface area contributed by atoms with Crippen molar-refractivity contribution < 1.29 is 9.53 Å². The Balaban J connectivity index is 3.64. The third-order valence-electron chi connectivity index (χ3n) is 1.01. The van der Waals surface area contributed by atoms with E-state index >= 15 is 0 Å². The number of esters is 1. The molecule has 58 valence electrons. The van der Waals surface area contributed by atoms with E-state index in [-0.39, 0.29) is 19.0 Å². The lowest BCUT2D eigenvalue weighted by Crippen LogP contribution is -2.10. The van der Waals surface area contributed by atoms with Crippen LogP contribution in [0.4, 0.5) is 0 Å². The Kier molecular flexibility index (Phi) is 4.51. The predicted octanol–water partition coefficient (Wildman–Crippen LogP) is 0.603. The average Bonchev–Trinajstić information content (AvgIpc) is 2.06. The summed E-state index contributed by atoms with van der Waals surface area (Å²) in [4.78, 5) is 10.5. The zero-order chi connectivity index (χ0) is 8.69. The molecule has 0 fully saturated rings. The molecule has 0 unspecified atom stereocenters. The van der Waals surface area contributed by atoms with Gasteiger partial charge in [-0.25, -0.2) is 0 Å². The normalized spacial score (nSPS) is 8.36. The molecular weight excluding hydrogens is 144 g/mol. The molecule has 0 aromatic heterocycles. The summed E-state index contributed by atoms with van der Waals surface area (Å²) in [6, 6.07) is 3.39. The van der Waals surface area contributed by atoms with Crippen molar-refractivity contribution in [3.05, 3.63) is 0 Å². The molecule has 0 amide bonds. The molecule has 0 aromatic carbocycles. The molecule has 0 atom stereocenters. The minimum absolute atomic E-state index is 0.125. The summed E-state index contributed by atoms with van der Waals surface area (Å²) >= 11 is 0. The zero-order valence-electron chi connectivity index (χ0n) is 6.20. The van der Waals surface area contributed by atoms with E-state index in [1.807, 2.05) is 0 Å². The maximum absolute atomic E-state index is 10.5. The van der Waals surface area contributed by atoms with E-state index in [2.05, 4.69) is 4.74 Å². The van der Waals surface area contributed by atoms with E-state index in [4.69, 9.17) is 10.5 Å². The van der Waals surface area contributed by atoms with Crippen molar-refractivity contribution in [1.82, 2.24) is 0 Å². The van der Waals surface area contributed by atoms with Crippen LogP contribution in [0.1, 0.15) is 13.3 Å². The summed E-state index contributed by atoms with van der Waals surface area (Å²) in [6.07, 6.45) is 0.267. The number of rotatable bonds is 3. The molecule has 4 heteroatoms. The van der Waals surface area contributed by atoms with Crippen molar-refractivity contribution >= 4 is 5.97 Å². The van der Waals surface area contributed by atoms with Gasteiger partial charge in [0.2, 0.25) is 0 Å². The highest BCUT2D eigenvalue weighted by Crippen LogP contribution is 1.94. The fourth-order valence-electron chi connectivity index (χ4n) is 0.382. The Bertz CT molecular complexity index is 197. The Morgan fingerprint density at radius 3 is 2.45 bits per heavy atom. The van der Waals surface area contributed by atoms with E-state index in [9.17, 15) is 4.79 Å². The van der Waals surface area contributed by atoms with E-state index < -0.39 is 5.92 Å². The fourth-order valence-corrected chi connectivity index (χ4v) is 0.382. The Hall–Kier alpha value is -1.55. The van der Waals surface area contributed by atoms with Gasteiger partial charge in [-0.15, -0.1) is 0 Å². The van der Waals surface area contributed by atoms with E-state index in [1.54, 1.807) is 19.1 Å². The lowest BCUT2D eigenvalue weighted by molar-refractivity contribution is -0.143. The van der Waals surface area contributed by atoms with Crippen LogP contribution in [0.25, 0.3) is 0 Å². The highest BCUT2D eigenvalue weighted by molar-refractivity contribution is 5.68. The third-order valence-corrected chi connectivity index (χ3v) is 1.01. The van der Waals surface area contributed by atoms with Gasteiger partial charge < -0.3 is 4.74 Å². The second-order valence-corrected chi connectivity index (χ2v) is 1.85. The number of hydrogen-bond acceptors (Lipinski definition) is 4. The van der Waals surface area contributed by atoms with Gasteiger partial charge in [0.25, 0.3) is 0 Å². The Labute approximate surface area is 65.0 Å². The van der Waals surface area contributed by atoms with Crippen molar-refractivity contribution in [1.29, 1.82) is 10.5 Å². The second kappa shape index (κ2) is 5.25. The Morgan fingerprint density at radius 1 is 1.55 bits per heavy atom. The standard InChI is InChI=1S/C7H8N2O2/c1-2-7(10)11-5-6(3-8)4-9/h6H,2,5H2,1H3. The summed E-state index contributed by atoms with van der Waals surface area (Å²) < 4.78 is 4.55. The third kappa shape index (κ3) is 3.94. The lowest BCUT2D eigenvalue weighted by Gasteiger charge is -2.00. The number of carbonyl (C=O) groups excluding carboxylic acids is 1. The summed E-state index contributed by atoms with van der Waals surface area (Å²) in [7, 11) is 0. The first kappa shape index (κ1) is 9.45. The van der Waals surface area contributed by atoms with Crippen LogP contribution in [0.5, 0.6) is 0 Å². The first-order valence-corrected chi connectivity index (χ1v) is 3.19. The number of carbonyl (C=O) groups is 1. The molecule has 4 nitrogen and oxygen atoms in total. The first-order chi connectivity index (χ1) is 5.24. The quantitative estimate of drug-likeness (QED) is 0.555. The Morgan fingerprint density at radius 2 is 2.09 bits per heavy atom. The molecule has 0 spiro atoms. The van der Waals surface area contributed by atoms with Crippen molar-refractivity contribution in [2.75, 3.05) is 6.61 Å². The summed E-state index contributed by atoms with van der Waals surface area (Å²) in [5.74, 6) is -1.23. The predicted molar refractivity (Wildman–Crippen MR) is 36.0 cm³/mol. The van der Waals surface area contributed by atoms with Crippen LogP contribution in [-0.2, 0) is 9.53 Å². The number of nitriles is 2. The molecule has 0 bridgehead atoms. The molecule has 0 aliphatic heterocycles. The van der Waals surface area contributed by atoms with Crippen LogP contribution >= 0.6 is 0 Å². The molecule has 0 saturated carbocycles. The number of ether oxygens (including phenoxy) is 1. The van der Waals surface area contributed by atoms with Crippen LogP contribution in [0.3, 0.4) is 0 Å². The van der Waals surface area contributed by atoms with Crippen molar-refractivity contribution in [2.24, 2.45) is 5.92 Å². The van der Waals surface area contributed by atoms with Gasteiger partial charge in [0.05, 0.1) is 12.1 Å². The van der Waals surface area contributed by atoms with Gasteiger partial charge in [-0.2, -0.15) is 10.5 Å². The van der Waals surface area contributed by atoms with E-state index in [0.29, 0.717) is 0 Å². The number of nitrogens with zero attached hydrogens (tertiary/aromatic N) is 2. The molecule has 11 heavy (non-hydrogen) atoms. The van der Waals surface area contributed by atoms with Gasteiger partial charge in [-0.3, -0.25) is 4.79 Å². The van der Waals surface area contributed by atoms with Crippen LogP contribution in [0, 0.1) is 28.6 Å². The molecule has 0 aromatic rings. The maximum atomic E-state index is 10.5. The van der Waals surface area contributed by atoms with E-state index in [0.717, 1.165) is 0 Å². The average molecular weight is 152 g/mol. The monoisotopic (exact) mass is 152 g/mol. The molecular formula is C7H8N2O2. The van der Waals surface area contributed by atoms with Gasteiger partial charge >= 0.3 is 5.97 Å².